The van der Waals surface area contributed by atoms with Crippen molar-refractivity contribution in [1.29, 1.82) is 0 Å². The molecule has 1 aliphatic rings. The third-order valence-electron chi connectivity index (χ3n) is 3.89. The number of fused-ring (bicyclic) bond motifs is 1. The van der Waals surface area contributed by atoms with Gasteiger partial charge in [-0.2, -0.15) is 5.10 Å². The number of nitrogens with zero attached hydrogens (tertiary/aromatic N) is 4. The van der Waals surface area contributed by atoms with Gasteiger partial charge in [0, 0.05) is 32.7 Å². The predicted octanol–water partition coefficient (Wildman–Crippen LogP) is 1.48. The molecule has 0 aromatic carbocycles. The number of hydrogen-bond acceptors (Lipinski definition) is 4. The van der Waals surface area contributed by atoms with Crippen molar-refractivity contribution in [1.82, 2.24) is 25.4 Å². The van der Waals surface area contributed by atoms with Gasteiger partial charge in [-0.15, -0.1) is 0 Å². The third-order valence-corrected chi connectivity index (χ3v) is 3.89. The van der Waals surface area contributed by atoms with E-state index in [1.165, 1.54) is 12.8 Å². The van der Waals surface area contributed by atoms with Crippen molar-refractivity contribution in [2.75, 3.05) is 20.2 Å². The quantitative estimate of drug-likeness (QED) is 0.431. The summed E-state index contributed by atoms with van der Waals surface area (Å²) in [6.07, 6.45) is 5.58. The standard InChI is InChI=1S/C16H30N6O/c1-4-6-7-10-18-16(17-5-2)19-13-8-9-15-20-14(12-23-3)21-22(15)11-13/h13H,4-12H2,1-3H3,(H2,17,18,19). The molecular weight excluding hydrogens is 292 g/mol. The van der Waals surface area contributed by atoms with Crippen molar-refractivity contribution < 1.29 is 4.74 Å². The first-order valence-electron chi connectivity index (χ1n) is 8.73. The number of hydrogen-bond donors (Lipinski definition) is 2. The molecule has 0 bridgehead atoms. The first-order chi connectivity index (χ1) is 11.3. The lowest BCUT2D eigenvalue weighted by atomic mass is 10.1. The van der Waals surface area contributed by atoms with Crippen molar-refractivity contribution in [2.24, 2.45) is 4.99 Å². The van der Waals surface area contributed by atoms with Gasteiger partial charge < -0.3 is 15.4 Å². The summed E-state index contributed by atoms with van der Waals surface area (Å²) in [5.74, 6) is 2.73. The summed E-state index contributed by atoms with van der Waals surface area (Å²) >= 11 is 0. The highest BCUT2D eigenvalue weighted by Crippen LogP contribution is 2.13. The summed E-state index contributed by atoms with van der Waals surface area (Å²) in [5.41, 5.74) is 0. The van der Waals surface area contributed by atoms with E-state index in [0.29, 0.717) is 12.6 Å². The van der Waals surface area contributed by atoms with Gasteiger partial charge in [-0.3, -0.25) is 4.99 Å². The van der Waals surface area contributed by atoms with E-state index < -0.39 is 0 Å². The molecule has 7 heteroatoms. The number of aromatic nitrogens is 3. The predicted molar refractivity (Wildman–Crippen MR) is 91.5 cm³/mol. The highest BCUT2D eigenvalue weighted by molar-refractivity contribution is 5.80. The van der Waals surface area contributed by atoms with Gasteiger partial charge >= 0.3 is 0 Å². The van der Waals surface area contributed by atoms with Gasteiger partial charge in [-0.25, -0.2) is 9.67 Å². The van der Waals surface area contributed by atoms with Gasteiger partial charge in [-0.05, 0) is 19.8 Å². The van der Waals surface area contributed by atoms with Crippen LogP contribution in [-0.2, 0) is 24.3 Å². The molecule has 1 aromatic heterocycles. The second kappa shape index (κ2) is 9.50. The average Bonchev–Trinajstić information content (AvgIpc) is 2.93. The summed E-state index contributed by atoms with van der Waals surface area (Å²) in [6.45, 7) is 7.35. The maximum Gasteiger partial charge on any atom is 0.191 e. The zero-order valence-electron chi connectivity index (χ0n) is 14.6. The van der Waals surface area contributed by atoms with Crippen LogP contribution in [0.1, 0.15) is 51.2 Å². The summed E-state index contributed by atoms with van der Waals surface area (Å²) in [5, 5.41) is 11.4. The first-order valence-corrected chi connectivity index (χ1v) is 8.73. The van der Waals surface area contributed by atoms with E-state index in [4.69, 9.17) is 4.74 Å². The molecule has 0 aliphatic carbocycles. The highest BCUT2D eigenvalue weighted by Gasteiger charge is 2.22. The Kier molecular flexibility index (Phi) is 7.32. The van der Waals surface area contributed by atoms with Crippen LogP contribution in [0.5, 0.6) is 0 Å². The fourth-order valence-corrected chi connectivity index (χ4v) is 2.73. The molecule has 0 radical (unpaired) electrons. The van der Waals surface area contributed by atoms with Crippen LogP contribution in [0.15, 0.2) is 4.99 Å². The zero-order valence-corrected chi connectivity index (χ0v) is 14.6. The van der Waals surface area contributed by atoms with Crippen LogP contribution in [0.4, 0.5) is 0 Å². The topological polar surface area (TPSA) is 76.4 Å². The number of ether oxygens (including phenoxy) is 1. The Labute approximate surface area is 138 Å². The van der Waals surface area contributed by atoms with Crippen molar-refractivity contribution >= 4 is 5.96 Å². The molecular formula is C16H30N6O. The lowest BCUT2D eigenvalue weighted by Crippen LogP contribution is -2.47. The van der Waals surface area contributed by atoms with Crippen LogP contribution < -0.4 is 10.6 Å². The SMILES string of the molecule is CCCCCN=C(NCC)NC1CCc2nc(COC)nn2C1. The molecule has 0 saturated carbocycles. The van der Waals surface area contributed by atoms with E-state index in [0.717, 1.165) is 56.5 Å². The zero-order chi connectivity index (χ0) is 16.5. The molecule has 23 heavy (non-hydrogen) atoms. The number of unbranched alkanes of at least 4 members (excludes halogenated alkanes) is 2. The second-order valence-electron chi connectivity index (χ2n) is 5.91. The number of nitrogens with one attached hydrogen (secondary N) is 2. The lowest BCUT2D eigenvalue weighted by molar-refractivity contribution is 0.177. The molecule has 2 N–H and O–H groups in total. The van der Waals surface area contributed by atoms with Crippen LogP contribution in [0.3, 0.4) is 0 Å². The van der Waals surface area contributed by atoms with Gasteiger partial charge in [0.05, 0.1) is 6.54 Å². The van der Waals surface area contributed by atoms with E-state index in [2.05, 4.69) is 39.6 Å². The molecule has 7 nitrogen and oxygen atoms in total. The van der Waals surface area contributed by atoms with Gasteiger partial charge in [0.25, 0.3) is 0 Å². The number of rotatable bonds is 8. The van der Waals surface area contributed by atoms with Crippen molar-refractivity contribution in [2.45, 2.75) is 65.1 Å². The van der Waals surface area contributed by atoms with Crippen LogP contribution >= 0.6 is 0 Å². The fourth-order valence-electron chi connectivity index (χ4n) is 2.73. The molecule has 2 heterocycles. The Bertz CT molecular complexity index is 499. The highest BCUT2D eigenvalue weighted by atomic mass is 16.5. The van der Waals surface area contributed by atoms with Gasteiger partial charge in [0.1, 0.15) is 12.4 Å². The van der Waals surface area contributed by atoms with Crippen LogP contribution in [0, 0.1) is 0 Å². The monoisotopic (exact) mass is 322 g/mol. The Morgan fingerprint density at radius 2 is 2.26 bits per heavy atom. The molecule has 1 aromatic rings. The van der Waals surface area contributed by atoms with E-state index in [1.54, 1.807) is 7.11 Å². The molecule has 1 unspecified atom stereocenters. The van der Waals surface area contributed by atoms with E-state index >= 15 is 0 Å². The average molecular weight is 322 g/mol. The number of guanidine groups is 1. The molecule has 0 spiro atoms. The number of aryl methyl sites for hydroxylation is 1. The van der Waals surface area contributed by atoms with Gasteiger partial charge in [0.2, 0.25) is 0 Å². The lowest BCUT2D eigenvalue weighted by Gasteiger charge is -2.25. The van der Waals surface area contributed by atoms with Crippen molar-refractivity contribution in [3.8, 4) is 0 Å². The largest absolute Gasteiger partial charge is 0.377 e. The minimum atomic E-state index is 0.337. The molecule has 1 atom stereocenters. The summed E-state index contributed by atoms with van der Waals surface area (Å²) < 4.78 is 7.11. The minimum Gasteiger partial charge on any atom is -0.377 e. The summed E-state index contributed by atoms with van der Waals surface area (Å²) in [7, 11) is 1.67. The van der Waals surface area contributed by atoms with E-state index in [9.17, 15) is 0 Å². The van der Waals surface area contributed by atoms with E-state index in [1.807, 2.05) is 4.68 Å². The Morgan fingerprint density at radius 3 is 3.00 bits per heavy atom. The molecule has 130 valence electrons. The molecule has 1 aliphatic heterocycles. The smallest absolute Gasteiger partial charge is 0.191 e. The third kappa shape index (κ3) is 5.49. The second-order valence-corrected chi connectivity index (χ2v) is 5.91. The minimum absolute atomic E-state index is 0.337. The Morgan fingerprint density at radius 1 is 1.39 bits per heavy atom. The van der Waals surface area contributed by atoms with Crippen molar-refractivity contribution in [3.05, 3.63) is 11.6 Å². The van der Waals surface area contributed by atoms with Crippen LogP contribution in [0.2, 0.25) is 0 Å². The number of aliphatic imine (C=N–C) groups is 1. The normalized spacial score (nSPS) is 17.9. The maximum atomic E-state index is 5.11. The fraction of sp³-hybridized carbons (Fsp3) is 0.812. The molecule has 0 amide bonds. The molecule has 0 fully saturated rings. The Hall–Kier alpha value is -1.63. The van der Waals surface area contributed by atoms with Crippen LogP contribution in [-0.4, -0.2) is 47.0 Å². The first kappa shape index (κ1) is 17.7. The Balaban J connectivity index is 1.90. The summed E-state index contributed by atoms with van der Waals surface area (Å²) in [6, 6.07) is 0.337. The van der Waals surface area contributed by atoms with Crippen molar-refractivity contribution in [3.63, 3.8) is 0 Å². The van der Waals surface area contributed by atoms with Gasteiger partial charge in [-0.1, -0.05) is 19.8 Å². The molecule has 2 rings (SSSR count). The van der Waals surface area contributed by atoms with Gasteiger partial charge in [0.15, 0.2) is 11.8 Å². The summed E-state index contributed by atoms with van der Waals surface area (Å²) in [4.78, 5) is 9.18. The maximum absolute atomic E-state index is 5.11. The molecule has 0 saturated heterocycles. The number of methoxy groups -OCH3 is 1. The van der Waals surface area contributed by atoms with Crippen LogP contribution in [0.25, 0.3) is 0 Å². The van der Waals surface area contributed by atoms with E-state index in [-0.39, 0.29) is 0 Å².